The Morgan fingerprint density at radius 1 is 1.21 bits per heavy atom. The first-order chi connectivity index (χ1) is 6.52. The van der Waals surface area contributed by atoms with Crippen LogP contribution in [-0.4, -0.2) is 10.9 Å². The van der Waals surface area contributed by atoms with Crippen LogP contribution in [0.1, 0.15) is 25.0 Å². The number of fused-ring (bicyclic) bond motifs is 1. The molecule has 14 heavy (non-hydrogen) atoms. The fourth-order valence-electron chi connectivity index (χ4n) is 1.58. The molecule has 1 aliphatic heterocycles. The fourth-order valence-corrected chi connectivity index (χ4v) is 1.58. The van der Waals surface area contributed by atoms with Crippen LogP contribution in [0, 0.1) is 6.92 Å². The highest BCUT2D eigenvalue weighted by molar-refractivity contribution is 5.49. The van der Waals surface area contributed by atoms with E-state index < -0.39 is 5.79 Å². The topological polar surface area (TPSA) is 38.7 Å². The van der Waals surface area contributed by atoms with Gasteiger partial charge in [0.25, 0.3) is 0 Å². The molecule has 1 aliphatic rings. The van der Waals surface area contributed by atoms with Crippen molar-refractivity contribution in [3.63, 3.8) is 0 Å². The molecule has 0 saturated heterocycles. The lowest BCUT2D eigenvalue weighted by Gasteiger charge is -2.16. The Bertz CT molecular complexity index is 369. The van der Waals surface area contributed by atoms with Crippen LogP contribution in [0.15, 0.2) is 12.1 Å². The lowest BCUT2D eigenvalue weighted by Crippen LogP contribution is -2.29. The molecule has 0 amide bonds. The molecule has 1 aromatic carbocycles. The predicted octanol–water partition coefficient (Wildman–Crippen LogP) is 1.99. The van der Waals surface area contributed by atoms with Gasteiger partial charge in [-0.3, -0.25) is 0 Å². The molecule has 3 nitrogen and oxygen atoms in total. The quantitative estimate of drug-likeness (QED) is 0.743. The van der Waals surface area contributed by atoms with Crippen molar-refractivity contribution < 1.29 is 14.6 Å². The number of hydrogen-bond acceptors (Lipinski definition) is 3. The third-order valence-corrected chi connectivity index (χ3v) is 2.28. The van der Waals surface area contributed by atoms with Gasteiger partial charge in [-0.05, 0) is 30.2 Å². The first kappa shape index (κ1) is 9.34. The minimum Gasteiger partial charge on any atom is -0.449 e. The number of ether oxygens (including phenoxy) is 2. The molecule has 2 rings (SSSR count). The molecule has 0 bridgehead atoms. The van der Waals surface area contributed by atoms with Gasteiger partial charge in [0.1, 0.15) is 0 Å². The van der Waals surface area contributed by atoms with Crippen LogP contribution in [0.5, 0.6) is 11.5 Å². The summed E-state index contributed by atoms with van der Waals surface area (Å²) in [5.41, 5.74) is 1.90. The van der Waals surface area contributed by atoms with Crippen LogP contribution in [0.2, 0.25) is 0 Å². The van der Waals surface area contributed by atoms with Crippen LogP contribution in [-0.2, 0) is 6.61 Å². The van der Waals surface area contributed by atoms with Crippen molar-refractivity contribution in [1.82, 2.24) is 0 Å². The Kier molecular flexibility index (Phi) is 1.93. The maximum absolute atomic E-state index is 9.08. The standard InChI is InChI=1S/C11H14O3/c1-7-4-9-10(5-8(7)6-12)14-11(2,3)13-9/h4-5,12H,6H2,1-3H3. The summed E-state index contributed by atoms with van der Waals surface area (Å²) in [5, 5.41) is 9.08. The number of hydrogen-bond donors (Lipinski definition) is 1. The molecule has 0 aliphatic carbocycles. The highest BCUT2D eigenvalue weighted by atomic mass is 16.7. The monoisotopic (exact) mass is 194 g/mol. The molecule has 0 spiro atoms. The maximum atomic E-state index is 9.08. The van der Waals surface area contributed by atoms with Crippen molar-refractivity contribution >= 4 is 0 Å². The highest BCUT2D eigenvalue weighted by Gasteiger charge is 2.31. The van der Waals surface area contributed by atoms with Gasteiger partial charge in [-0.1, -0.05) is 0 Å². The van der Waals surface area contributed by atoms with Crippen LogP contribution < -0.4 is 9.47 Å². The lowest BCUT2D eigenvalue weighted by molar-refractivity contribution is -0.0431. The number of rotatable bonds is 1. The molecular formula is C11H14O3. The van der Waals surface area contributed by atoms with Crippen molar-refractivity contribution in [3.8, 4) is 11.5 Å². The van der Waals surface area contributed by atoms with E-state index in [-0.39, 0.29) is 6.61 Å². The molecule has 1 N–H and O–H groups in total. The number of aliphatic hydroxyl groups is 1. The third-order valence-electron chi connectivity index (χ3n) is 2.28. The summed E-state index contributed by atoms with van der Waals surface area (Å²) in [6.07, 6.45) is 0. The average Bonchev–Trinajstić information content (AvgIpc) is 2.36. The van der Waals surface area contributed by atoms with Crippen molar-refractivity contribution in [3.05, 3.63) is 23.3 Å². The summed E-state index contributed by atoms with van der Waals surface area (Å²) >= 11 is 0. The molecule has 0 radical (unpaired) electrons. The van der Waals surface area contributed by atoms with E-state index in [9.17, 15) is 0 Å². The zero-order valence-electron chi connectivity index (χ0n) is 8.63. The SMILES string of the molecule is Cc1cc2c(cc1CO)OC(C)(C)O2. The molecule has 3 heteroatoms. The maximum Gasteiger partial charge on any atom is 0.246 e. The number of aliphatic hydroxyl groups excluding tert-OH is 1. The van der Waals surface area contributed by atoms with Crippen molar-refractivity contribution in [2.24, 2.45) is 0 Å². The number of aryl methyl sites for hydroxylation is 1. The van der Waals surface area contributed by atoms with Crippen LogP contribution >= 0.6 is 0 Å². The van der Waals surface area contributed by atoms with Crippen LogP contribution in [0.25, 0.3) is 0 Å². The van der Waals surface area contributed by atoms with Crippen molar-refractivity contribution in [2.75, 3.05) is 0 Å². The van der Waals surface area contributed by atoms with Crippen LogP contribution in [0.4, 0.5) is 0 Å². The predicted molar refractivity (Wildman–Crippen MR) is 52.4 cm³/mol. The summed E-state index contributed by atoms with van der Waals surface area (Å²) in [4.78, 5) is 0. The Morgan fingerprint density at radius 2 is 1.79 bits per heavy atom. The molecule has 1 aromatic rings. The van der Waals surface area contributed by atoms with Crippen LogP contribution in [0.3, 0.4) is 0 Å². The van der Waals surface area contributed by atoms with E-state index in [2.05, 4.69) is 0 Å². The van der Waals surface area contributed by atoms with Gasteiger partial charge in [-0.25, -0.2) is 0 Å². The lowest BCUT2D eigenvalue weighted by atomic mass is 10.1. The van der Waals surface area contributed by atoms with Gasteiger partial charge in [0, 0.05) is 13.8 Å². The second kappa shape index (κ2) is 2.89. The highest BCUT2D eigenvalue weighted by Crippen LogP contribution is 2.40. The molecule has 0 atom stereocenters. The van der Waals surface area contributed by atoms with Gasteiger partial charge >= 0.3 is 0 Å². The van der Waals surface area contributed by atoms with Gasteiger partial charge < -0.3 is 14.6 Å². The fraction of sp³-hybridized carbons (Fsp3) is 0.455. The summed E-state index contributed by atoms with van der Waals surface area (Å²) in [6, 6.07) is 3.73. The van der Waals surface area contributed by atoms with Gasteiger partial charge in [-0.2, -0.15) is 0 Å². The molecule has 0 unspecified atom stereocenters. The van der Waals surface area contributed by atoms with E-state index in [0.717, 1.165) is 16.9 Å². The molecule has 1 heterocycles. The van der Waals surface area contributed by atoms with E-state index in [1.807, 2.05) is 32.9 Å². The first-order valence-corrected chi connectivity index (χ1v) is 4.64. The minimum absolute atomic E-state index is 0.0307. The van der Waals surface area contributed by atoms with E-state index in [4.69, 9.17) is 14.6 Å². The Balaban J connectivity index is 2.44. The van der Waals surface area contributed by atoms with E-state index in [0.29, 0.717) is 5.75 Å². The molecule has 0 aromatic heterocycles. The molecule has 76 valence electrons. The second-order valence-corrected chi connectivity index (χ2v) is 3.99. The Labute approximate surface area is 83.3 Å². The Morgan fingerprint density at radius 3 is 2.36 bits per heavy atom. The average molecular weight is 194 g/mol. The molecular weight excluding hydrogens is 180 g/mol. The summed E-state index contributed by atoms with van der Waals surface area (Å²) in [7, 11) is 0. The van der Waals surface area contributed by atoms with Gasteiger partial charge in [0.2, 0.25) is 5.79 Å². The zero-order chi connectivity index (χ0) is 10.3. The van der Waals surface area contributed by atoms with E-state index in [1.165, 1.54) is 0 Å². The van der Waals surface area contributed by atoms with Crippen molar-refractivity contribution in [2.45, 2.75) is 33.2 Å². The summed E-state index contributed by atoms with van der Waals surface area (Å²) in [5.74, 6) is 0.873. The number of benzene rings is 1. The van der Waals surface area contributed by atoms with Gasteiger partial charge in [-0.15, -0.1) is 0 Å². The largest absolute Gasteiger partial charge is 0.449 e. The third kappa shape index (κ3) is 1.44. The van der Waals surface area contributed by atoms with E-state index >= 15 is 0 Å². The summed E-state index contributed by atoms with van der Waals surface area (Å²) < 4.78 is 11.1. The van der Waals surface area contributed by atoms with E-state index in [1.54, 1.807) is 0 Å². The van der Waals surface area contributed by atoms with Gasteiger partial charge in [0.05, 0.1) is 6.61 Å². The summed E-state index contributed by atoms with van der Waals surface area (Å²) in [6.45, 7) is 5.70. The Hall–Kier alpha value is -1.22. The first-order valence-electron chi connectivity index (χ1n) is 4.64. The van der Waals surface area contributed by atoms with Crippen molar-refractivity contribution in [1.29, 1.82) is 0 Å². The molecule has 0 fully saturated rings. The van der Waals surface area contributed by atoms with Gasteiger partial charge in [0.15, 0.2) is 11.5 Å². The molecule has 0 saturated carbocycles. The smallest absolute Gasteiger partial charge is 0.246 e. The minimum atomic E-state index is -0.594. The normalized spacial score (nSPS) is 17.1. The second-order valence-electron chi connectivity index (χ2n) is 3.99. The zero-order valence-corrected chi connectivity index (χ0v) is 8.63.